The maximum Gasteiger partial charge on any atom is 0.223 e. The maximum atomic E-state index is 13.6. The van der Waals surface area contributed by atoms with Crippen LogP contribution in [0, 0.1) is 5.82 Å². The van der Waals surface area contributed by atoms with Crippen molar-refractivity contribution in [1.82, 2.24) is 10.2 Å². The van der Waals surface area contributed by atoms with Gasteiger partial charge in [-0.25, -0.2) is 4.39 Å². The van der Waals surface area contributed by atoms with Crippen LogP contribution < -0.4 is 10.1 Å². The van der Waals surface area contributed by atoms with Crippen LogP contribution in [-0.4, -0.2) is 37.6 Å². The normalized spacial score (nSPS) is 17.7. The van der Waals surface area contributed by atoms with Crippen LogP contribution in [0.4, 0.5) is 4.39 Å². The topological polar surface area (TPSA) is 41.6 Å². The van der Waals surface area contributed by atoms with Gasteiger partial charge in [0.05, 0.1) is 13.2 Å². The van der Waals surface area contributed by atoms with Gasteiger partial charge in [-0.15, -0.1) is 12.4 Å². The van der Waals surface area contributed by atoms with Crippen molar-refractivity contribution in [2.24, 2.45) is 0 Å². The molecule has 1 N–H and O–H groups in total. The van der Waals surface area contributed by atoms with Gasteiger partial charge in [-0.05, 0) is 41.3 Å². The number of piperazine rings is 1. The van der Waals surface area contributed by atoms with Gasteiger partial charge in [0.25, 0.3) is 0 Å². The second kappa shape index (κ2) is 9.72. The highest BCUT2D eigenvalue weighted by Gasteiger charge is 2.29. The summed E-state index contributed by atoms with van der Waals surface area (Å²) in [6.45, 7) is 4.09. The van der Waals surface area contributed by atoms with Crippen molar-refractivity contribution in [3.63, 3.8) is 0 Å². The molecule has 0 aromatic heterocycles. The molecule has 0 bridgehead atoms. The SMILES string of the molecule is COc1ccc(C(C)CC(=O)N2CCNCC2c2cccc(F)c2)cc1.Cl. The average Bonchev–Trinajstić information content (AvgIpc) is 2.68. The Labute approximate surface area is 166 Å². The number of rotatable bonds is 5. The minimum atomic E-state index is -0.271. The summed E-state index contributed by atoms with van der Waals surface area (Å²) in [6, 6.07) is 14.2. The van der Waals surface area contributed by atoms with Crippen molar-refractivity contribution in [3.05, 3.63) is 65.5 Å². The minimum Gasteiger partial charge on any atom is -0.497 e. The zero-order valence-corrected chi connectivity index (χ0v) is 16.5. The largest absolute Gasteiger partial charge is 0.497 e. The number of halogens is 2. The zero-order valence-electron chi connectivity index (χ0n) is 15.7. The number of nitrogens with zero attached hydrogens (tertiary/aromatic N) is 1. The van der Waals surface area contributed by atoms with E-state index >= 15 is 0 Å². The first-order valence-corrected chi connectivity index (χ1v) is 8.98. The summed E-state index contributed by atoms with van der Waals surface area (Å²) < 4.78 is 18.8. The van der Waals surface area contributed by atoms with E-state index in [4.69, 9.17) is 4.74 Å². The Kier molecular flexibility index (Phi) is 7.63. The Balaban J connectivity index is 0.00000261. The summed E-state index contributed by atoms with van der Waals surface area (Å²) in [6.07, 6.45) is 0.429. The summed E-state index contributed by atoms with van der Waals surface area (Å²) in [5.74, 6) is 0.744. The lowest BCUT2D eigenvalue weighted by molar-refractivity contribution is -0.134. The van der Waals surface area contributed by atoms with E-state index in [9.17, 15) is 9.18 Å². The molecule has 0 aliphatic carbocycles. The highest BCUT2D eigenvalue weighted by atomic mass is 35.5. The number of benzene rings is 2. The van der Waals surface area contributed by atoms with Gasteiger partial charge in [-0.3, -0.25) is 4.79 Å². The first-order chi connectivity index (χ1) is 12.6. The van der Waals surface area contributed by atoms with Gasteiger partial charge in [0.15, 0.2) is 0 Å². The smallest absolute Gasteiger partial charge is 0.223 e. The van der Waals surface area contributed by atoms with Crippen LogP contribution >= 0.6 is 12.4 Å². The summed E-state index contributed by atoms with van der Waals surface area (Å²) >= 11 is 0. The van der Waals surface area contributed by atoms with Crippen molar-refractivity contribution < 1.29 is 13.9 Å². The third kappa shape index (κ3) is 5.21. The molecule has 1 saturated heterocycles. The number of carbonyl (C=O) groups is 1. The zero-order chi connectivity index (χ0) is 18.5. The molecule has 3 rings (SSSR count). The first kappa shape index (κ1) is 21.2. The van der Waals surface area contributed by atoms with Crippen molar-refractivity contribution in [1.29, 1.82) is 0 Å². The molecule has 0 saturated carbocycles. The maximum absolute atomic E-state index is 13.6. The van der Waals surface area contributed by atoms with Crippen molar-refractivity contribution >= 4 is 18.3 Å². The van der Waals surface area contributed by atoms with Gasteiger partial charge >= 0.3 is 0 Å². The van der Waals surface area contributed by atoms with E-state index in [1.165, 1.54) is 12.1 Å². The van der Waals surface area contributed by atoms with E-state index in [0.29, 0.717) is 19.5 Å². The highest BCUT2D eigenvalue weighted by molar-refractivity contribution is 5.85. The predicted molar refractivity (Wildman–Crippen MR) is 107 cm³/mol. The van der Waals surface area contributed by atoms with E-state index < -0.39 is 0 Å². The molecule has 1 fully saturated rings. The highest BCUT2D eigenvalue weighted by Crippen LogP contribution is 2.27. The number of carbonyl (C=O) groups excluding carboxylic acids is 1. The number of methoxy groups -OCH3 is 1. The van der Waals surface area contributed by atoms with E-state index in [2.05, 4.69) is 12.2 Å². The van der Waals surface area contributed by atoms with Gasteiger partial charge < -0.3 is 15.0 Å². The average molecular weight is 393 g/mol. The van der Waals surface area contributed by atoms with Crippen LogP contribution in [0.5, 0.6) is 5.75 Å². The summed E-state index contributed by atoms with van der Waals surface area (Å²) in [4.78, 5) is 14.8. The first-order valence-electron chi connectivity index (χ1n) is 8.98. The molecule has 0 spiro atoms. The lowest BCUT2D eigenvalue weighted by atomic mass is 9.95. The number of nitrogens with one attached hydrogen (secondary N) is 1. The lowest BCUT2D eigenvalue weighted by Crippen LogP contribution is -2.48. The van der Waals surface area contributed by atoms with E-state index in [1.807, 2.05) is 35.2 Å². The molecule has 2 aromatic carbocycles. The summed E-state index contributed by atoms with van der Waals surface area (Å²) in [7, 11) is 1.64. The Morgan fingerprint density at radius 2 is 2.04 bits per heavy atom. The fourth-order valence-corrected chi connectivity index (χ4v) is 3.44. The number of hydrogen-bond acceptors (Lipinski definition) is 3. The second-order valence-corrected chi connectivity index (χ2v) is 6.74. The van der Waals surface area contributed by atoms with E-state index in [1.54, 1.807) is 13.2 Å². The molecule has 4 nitrogen and oxygen atoms in total. The number of amides is 1. The van der Waals surface area contributed by atoms with Crippen molar-refractivity contribution in [2.75, 3.05) is 26.7 Å². The minimum absolute atomic E-state index is 0. The van der Waals surface area contributed by atoms with Gasteiger partial charge in [0, 0.05) is 26.1 Å². The summed E-state index contributed by atoms with van der Waals surface area (Å²) in [5, 5.41) is 3.31. The molecule has 6 heteroatoms. The van der Waals surface area contributed by atoms with Crippen LogP contribution in [-0.2, 0) is 4.79 Å². The quantitative estimate of drug-likeness (QED) is 0.838. The van der Waals surface area contributed by atoms with Crippen molar-refractivity contribution in [3.8, 4) is 5.75 Å². The third-order valence-electron chi connectivity index (χ3n) is 4.96. The Hall–Kier alpha value is -2.11. The van der Waals surface area contributed by atoms with Crippen LogP contribution in [0.15, 0.2) is 48.5 Å². The molecular weight excluding hydrogens is 367 g/mol. The van der Waals surface area contributed by atoms with Gasteiger partial charge in [-0.2, -0.15) is 0 Å². The van der Waals surface area contributed by atoms with Gasteiger partial charge in [0.1, 0.15) is 11.6 Å². The molecule has 1 aliphatic heterocycles. The molecule has 0 radical (unpaired) electrons. The molecule has 27 heavy (non-hydrogen) atoms. The van der Waals surface area contributed by atoms with Crippen LogP contribution in [0.3, 0.4) is 0 Å². The molecule has 2 unspecified atom stereocenters. The molecule has 146 valence electrons. The molecule has 1 aliphatic rings. The fraction of sp³-hybridized carbons (Fsp3) is 0.381. The fourth-order valence-electron chi connectivity index (χ4n) is 3.44. The van der Waals surface area contributed by atoms with Gasteiger partial charge in [-0.1, -0.05) is 31.2 Å². The molecule has 2 atom stereocenters. The van der Waals surface area contributed by atoms with Crippen LogP contribution in [0.2, 0.25) is 0 Å². The number of ether oxygens (including phenoxy) is 1. The number of hydrogen-bond donors (Lipinski definition) is 1. The Morgan fingerprint density at radius 3 is 2.70 bits per heavy atom. The monoisotopic (exact) mass is 392 g/mol. The lowest BCUT2D eigenvalue weighted by Gasteiger charge is -2.37. The predicted octanol–water partition coefficient (Wildman–Crippen LogP) is 3.92. The standard InChI is InChI=1S/C21H25FN2O2.ClH/c1-15(16-6-8-19(26-2)9-7-16)12-21(25)24-11-10-23-14-20(24)17-4-3-5-18(22)13-17;/h3-9,13,15,20,23H,10-12,14H2,1-2H3;1H. The Bertz CT molecular complexity index is 754. The second-order valence-electron chi connectivity index (χ2n) is 6.74. The van der Waals surface area contributed by atoms with Crippen molar-refractivity contribution in [2.45, 2.75) is 25.3 Å². The van der Waals surface area contributed by atoms with Crippen LogP contribution in [0.25, 0.3) is 0 Å². The molecule has 1 heterocycles. The van der Waals surface area contributed by atoms with E-state index in [0.717, 1.165) is 23.4 Å². The molecule has 1 amide bonds. The third-order valence-corrected chi connectivity index (χ3v) is 4.96. The molecule has 2 aromatic rings. The van der Waals surface area contributed by atoms with Crippen LogP contribution in [0.1, 0.15) is 36.4 Å². The Morgan fingerprint density at radius 1 is 1.30 bits per heavy atom. The summed E-state index contributed by atoms with van der Waals surface area (Å²) in [5.41, 5.74) is 1.94. The van der Waals surface area contributed by atoms with E-state index in [-0.39, 0.29) is 36.1 Å². The molecular formula is C21H26ClFN2O2. The van der Waals surface area contributed by atoms with Gasteiger partial charge in [0.2, 0.25) is 5.91 Å².